The molecule has 0 aromatic carbocycles. The van der Waals surface area contributed by atoms with Crippen molar-refractivity contribution in [1.29, 1.82) is 0 Å². The molecular formula is C15H25N. The van der Waals surface area contributed by atoms with Crippen molar-refractivity contribution in [2.75, 3.05) is 6.54 Å². The highest BCUT2D eigenvalue weighted by molar-refractivity contribution is 5.93. The Morgan fingerprint density at radius 2 is 2.06 bits per heavy atom. The molecule has 0 saturated heterocycles. The van der Waals surface area contributed by atoms with Crippen LogP contribution in [0.2, 0.25) is 0 Å². The predicted molar refractivity (Wildman–Crippen MR) is 75.1 cm³/mol. The number of nitrogens with zero attached hydrogens (tertiary/aromatic N) is 1. The molecule has 0 heterocycles. The van der Waals surface area contributed by atoms with E-state index < -0.39 is 0 Å². The summed E-state index contributed by atoms with van der Waals surface area (Å²) < 4.78 is 0. The quantitative estimate of drug-likeness (QED) is 0.322. The normalized spacial score (nSPS) is 14.1. The van der Waals surface area contributed by atoms with E-state index in [9.17, 15) is 0 Å². The molecule has 0 N–H and O–H groups in total. The third-order valence-corrected chi connectivity index (χ3v) is 2.44. The van der Waals surface area contributed by atoms with E-state index in [1.54, 1.807) is 0 Å². The Morgan fingerprint density at radius 3 is 2.62 bits per heavy atom. The van der Waals surface area contributed by atoms with Crippen LogP contribution >= 0.6 is 0 Å². The lowest BCUT2D eigenvalue weighted by Gasteiger charge is -2.01. The average molecular weight is 219 g/mol. The Labute approximate surface area is 101 Å². The summed E-state index contributed by atoms with van der Waals surface area (Å²) in [5.41, 5.74) is 2.25. The zero-order chi connectivity index (χ0) is 12.4. The molecule has 1 atom stereocenters. The molecule has 0 aromatic rings. The number of rotatable bonds is 8. The van der Waals surface area contributed by atoms with Crippen LogP contribution in [-0.2, 0) is 0 Å². The molecule has 0 spiro atoms. The van der Waals surface area contributed by atoms with Crippen LogP contribution in [0.4, 0.5) is 0 Å². The van der Waals surface area contributed by atoms with Crippen LogP contribution in [0.15, 0.2) is 42.0 Å². The lowest BCUT2D eigenvalue weighted by atomic mass is 10.1. The van der Waals surface area contributed by atoms with Crippen LogP contribution in [0, 0.1) is 5.92 Å². The summed E-state index contributed by atoms with van der Waals surface area (Å²) in [6.45, 7) is 14.9. The van der Waals surface area contributed by atoms with Crippen LogP contribution in [0.5, 0.6) is 0 Å². The smallest absolute Gasteiger partial charge is 0.0452 e. The number of aliphatic imine (C=N–C) groups is 1. The van der Waals surface area contributed by atoms with Crippen molar-refractivity contribution in [3.8, 4) is 0 Å². The standard InChI is InChI=1S/C15H25N/c1-6-8-9-14(4)10-11-15(5)16-12-13(3)7-2/h7,10-11,13H,2,4,6,8-9,12H2,1,3,5H3/b11-10-,16-15+/t13-/m0/s1. The molecule has 0 unspecified atom stereocenters. The molecule has 90 valence electrons. The zero-order valence-corrected chi connectivity index (χ0v) is 11.0. The molecule has 0 saturated carbocycles. The Morgan fingerprint density at radius 1 is 1.38 bits per heavy atom. The van der Waals surface area contributed by atoms with E-state index in [2.05, 4.69) is 38.1 Å². The molecule has 1 nitrogen and oxygen atoms in total. The Hall–Kier alpha value is -1.11. The van der Waals surface area contributed by atoms with E-state index in [1.165, 1.54) is 18.4 Å². The van der Waals surface area contributed by atoms with Crippen LogP contribution in [-0.4, -0.2) is 12.3 Å². The third kappa shape index (κ3) is 8.22. The molecule has 0 aliphatic carbocycles. The van der Waals surface area contributed by atoms with Gasteiger partial charge in [0.25, 0.3) is 0 Å². The first kappa shape index (κ1) is 14.9. The van der Waals surface area contributed by atoms with Gasteiger partial charge in [-0.2, -0.15) is 0 Å². The first-order valence-corrected chi connectivity index (χ1v) is 6.09. The Kier molecular flexibility index (Phi) is 8.51. The first-order chi connectivity index (χ1) is 7.60. The van der Waals surface area contributed by atoms with Crippen molar-refractivity contribution in [3.63, 3.8) is 0 Å². The van der Waals surface area contributed by atoms with Gasteiger partial charge in [0, 0.05) is 12.3 Å². The number of allylic oxidation sites excluding steroid dienone is 3. The van der Waals surface area contributed by atoms with E-state index in [1.807, 2.05) is 19.1 Å². The fraction of sp³-hybridized carbons (Fsp3) is 0.533. The number of hydrogen-bond donors (Lipinski definition) is 0. The van der Waals surface area contributed by atoms with Gasteiger partial charge in [0.2, 0.25) is 0 Å². The lowest BCUT2D eigenvalue weighted by molar-refractivity contribution is 0.744. The number of hydrogen-bond acceptors (Lipinski definition) is 1. The van der Waals surface area contributed by atoms with Gasteiger partial charge >= 0.3 is 0 Å². The van der Waals surface area contributed by atoms with Gasteiger partial charge in [0.05, 0.1) is 0 Å². The molecule has 16 heavy (non-hydrogen) atoms. The fourth-order valence-electron chi connectivity index (χ4n) is 1.14. The zero-order valence-electron chi connectivity index (χ0n) is 11.0. The fourth-order valence-corrected chi connectivity index (χ4v) is 1.14. The highest BCUT2D eigenvalue weighted by Gasteiger charge is 1.93. The first-order valence-electron chi connectivity index (χ1n) is 6.09. The molecule has 0 aliphatic rings. The minimum absolute atomic E-state index is 0.451. The molecule has 0 radical (unpaired) electrons. The third-order valence-electron chi connectivity index (χ3n) is 2.44. The molecule has 0 rings (SSSR count). The van der Waals surface area contributed by atoms with E-state index in [0.717, 1.165) is 18.7 Å². The number of unbranched alkanes of at least 4 members (excludes halogenated alkanes) is 1. The van der Waals surface area contributed by atoms with Gasteiger partial charge < -0.3 is 0 Å². The Balaban J connectivity index is 4.01. The van der Waals surface area contributed by atoms with Gasteiger partial charge in [-0.25, -0.2) is 0 Å². The van der Waals surface area contributed by atoms with Crippen molar-refractivity contribution in [3.05, 3.63) is 37.0 Å². The summed E-state index contributed by atoms with van der Waals surface area (Å²) in [6.07, 6.45) is 9.58. The molecule has 0 aromatic heterocycles. The maximum atomic E-state index is 4.46. The van der Waals surface area contributed by atoms with Crippen molar-refractivity contribution < 1.29 is 0 Å². The maximum absolute atomic E-state index is 4.46. The minimum atomic E-state index is 0.451. The van der Waals surface area contributed by atoms with E-state index in [0.29, 0.717) is 5.92 Å². The van der Waals surface area contributed by atoms with E-state index in [4.69, 9.17) is 0 Å². The summed E-state index contributed by atoms with van der Waals surface area (Å²) in [4.78, 5) is 4.46. The van der Waals surface area contributed by atoms with Crippen LogP contribution in [0.25, 0.3) is 0 Å². The molecule has 0 amide bonds. The average Bonchev–Trinajstić information content (AvgIpc) is 2.30. The summed E-state index contributed by atoms with van der Waals surface area (Å²) in [5.74, 6) is 0.451. The van der Waals surface area contributed by atoms with Gasteiger partial charge in [0.1, 0.15) is 0 Å². The molecular weight excluding hydrogens is 194 g/mol. The van der Waals surface area contributed by atoms with Crippen molar-refractivity contribution >= 4 is 5.71 Å². The lowest BCUT2D eigenvalue weighted by Crippen LogP contribution is -1.97. The van der Waals surface area contributed by atoms with Crippen molar-refractivity contribution in [2.24, 2.45) is 10.9 Å². The molecule has 0 fully saturated rings. The summed E-state index contributed by atoms with van der Waals surface area (Å²) in [6, 6.07) is 0. The highest BCUT2D eigenvalue weighted by Crippen LogP contribution is 2.06. The SMILES string of the molecule is C=C[C@H](C)C/N=C(C)/C=C\C(=C)CCCC. The Bertz CT molecular complexity index is 271. The van der Waals surface area contributed by atoms with Gasteiger partial charge in [-0.05, 0) is 31.8 Å². The van der Waals surface area contributed by atoms with Crippen molar-refractivity contribution in [2.45, 2.75) is 40.0 Å². The maximum Gasteiger partial charge on any atom is 0.0452 e. The van der Waals surface area contributed by atoms with Crippen LogP contribution in [0.1, 0.15) is 40.0 Å². The van der Waals surface area contributed by atoms with Crippen LogP contribution in [0.3, 0.4) is 0 Å². The second kappa shape index (κ2) is 9.14. The van der Waals surface area contributed by atoms with E-state index in [-0.39, 0.29) is 0 Å². The monoisotopic (exact) mass is 219 g/mol. The van der Waals surface area contributed by atoms with Gasteiger partial charge in [0.15, 0.2) is 0 Å². The predicted octanol–water partition coefficient (Wildman–Crippen LogP) is 4.57. The molecule has 0 aliphatic heterocycles. The largest absolute Gasteiger partial charge is 0.289 e. The topological polar surface area (TPSA) is 12.4 Å². The summed E-state index contributed by atoms with van der Waals surface area (Å²) in [7, 11) is 0. The van der Waals surface area contributed by atoms with E-state index >= 15 is 0 Å². The molecule has 0 bridgehead atoms. The van der Waals surface area contributed by atoms with Crippen molar-refractivity contribution in [1.82, 2.24) is 0 Å². The minimum Gasteiger partial charge on any atom is -0.289 e. The van der Waals surface area contributed by atoms with Gasteiger partial charge in [-0.1, -0.05) is 44.6 Å². The second-order valence-corrected chi connectivity index (χ2v) is 4.29. The van der Waals surface area contributed by atoms with Crippen LogP contribution < -0.4 is 0 Å². The van der Waals surface area contributed by atoms with Gasteiger partial charge in [-0.15, -0.1) is 6.58 Å². The second-order valence-electron chi connectivity index (χ2n) is 4.29. The van der Waals surface area contributed by atoms with Gasteiger partial charge in [-0.3, -0.25) is 4.99 Å². The summed E-state index contributed by atoms with van der Waals surface area (Å²) in [5, 5.41) is 0. The summed E-state index contributed by atoms with van der Waals surface area (Å²) >= 11 is 0. The molecule has 1 heteroatoms. The highest BCUT2D eigenvalue weighted by atomic mass is 14.7.